The van der Waals surface area contributed by atoms with Crippen LogP contribution in [0.4, 0.5) is 0 Å². The van der Waals surface area contributed by atoms with Crippen LogP contribution in [0.2, 0.25) is 0 Å². The van der Waals surface area contributed by atoms with Gasteiger partial charge in [0, 0.05) is 4.92 Å². The Balaban J connectivity index is 3.05. The maximum absolute atomic E-state index is 11.2. The van der Waals surface area contributed by atoms with E-state index < -0.39 is 20.6 Å². The number of aromatic hydroxyl groups is 1. The average Bonchev–Trinajstić information content (AvgIpc) is 2.02. The summed E-state index contributed by atoms with van der Waals surface area (Å²) >= 11 is 0. The Morgan fingerprint density at radius 1 is 1.29 bits per heavy atom. The Hall–Kier alpha value is -1.63. The Labute approximate surface area is 79.9 Å². The molecule has 1 N–H and O–H groups in total. The molecular weight excluding hydrogens is 210 g/mol. The van der Waals surface area contributed by atoms with Crippen LogP contribution < -0.4 is 0 Å². The van der Waals surface area contributed by atoms with Crippen molar-refractivity contribution in [3.05, 3.63) is 34.4 Å². The van der Waals surface area contributed by atoms with Crippen molar-refractivity contribution < 1.29 is 18.4 Å². The summed E-state index contributed by atoms with van der Waals surface area (Å²) in [6.07, 6.45) is 0. The van der Waals surface area contributed by atoms with Crippen LogP contribution in [0.1, 0.15) is 0 Å². The number of hydrogen-bond acceptors (Lipinski definition) is 5. The van der Waals surface area contributed by atoms with Crippen molar-refractivity contribution in [1.82, 2.24) is 0 Å². The highest BCUT2D eigenvalue weighted by atomic mass is 32.2. The highest BCUT2D eigenvalue weighted by Crippen LogP contribution is 2.15. The van der Waals surface area contributed by atoms with Crippen LogP contribution >= 0.6 is 0 Å². The van der Waals surface area contributed by atoms with E-state index in [1.165, 1.54) is 0 Å². The van der Waals surface area contributed by atoms with Gasteiger partial charge in [-0.2, -0.15) is 0 Å². The van der Waals surface area contributed by atoms with Crippen LogP contribution in [0.3, 0.4) is 0 Å². The molecule has 0 radical (unpaired) electrons. The molecule has 0 fully saturated rings. The van der Waals surface area contributed by atoms with Crippen molar-refractivity contribution in [2.45, 2.75) is 4.90 Å². The number of hydrogen-bond donors (Lipinski definition) is 1. The van der Waals surface area contributed by atoms with Gasteiger partial charge in [-0.1, -0.05) is 0 Å². The first kappa shape index (κ1) is 10.5. The molecule has 0 amide bonds. The van der Waals surface area contributed by atoms with Gasteiger partial charge in [0.25, 0.3) is 0 Å². The van der Waals surface area contributed by atoms with Crippen molar-refractivity contribution in [1.29, 1.82) is 0 Å². The molecular formula is C7H7NO5S. The van der Waals surface area contributed by atoms with Crippen LogP contribution in [0.25, 0.3) is 0 Å². The van der Waals surface area contributed by atoms with Gasteiger partial charge < -0.3 is 5.11 Å². The van der Waals surface area contributed by atoms with E-state index in [9.17, 15) is 18.5 Å². The minimum atomic E-state index is -3.89. The summed E-state index contributed by atoms with van der Waals surface area (Å²) in [5, 5.41) is 18.9. The minimum absolute atomic E-state index is 0.0925. The Kier molecular flexibility index (Phi) is 2.70. The van der Waals surface area contributed by atoms with Crippen LogP contribution in [-0.4, -0.2) is 24.3 Å². The summed E-state index contributed by atoms with van der Waals surface area (Å²) < 4.78 is 22.5. The van der Waals surface area contributed by atoms with Crippen molar-refractivity contribution in [3.8, 4) is 5.75 Å². The summed E-state index contributed by atoms with van der Waals surface area (Å²) in [4.78, 5) is 8.94. The van der Waals surface area contributed by atoms with Gasteiger partial charge in [-0.25, -0.2) is 8.42 Å². The van der Waals surface area contributed by atoms with E-state index in [4.69, 9.17) is 5.11 Å². The van der Waals surface area contributed by atoms with Gasteiger partial charge in [0.1, 0.15) is 5.75 Å². The zero-order valence-corrected chi connectivity index (χ0v) is 7.77. The molecule has 1 aromatic carbocycles. The lowest BCUT2D eigenvalue weighted by atomic mass is 10.3. The van der Waals surface area contributed by atoms with Crippen molar-refractivity contribution in [3.63, 3.8) is 0 Å². The third-order valence-electron chi connectivity index (χ3n) is 1.47. The molecule has 76 valence electrons. The maximum Gasteiger partial charge on any atom is 0.305 e. The number of phenols is 1. The smallest absolute Gasteiger partial charge is 0.305 e. The fraction of sp³-hybridized carbons (Fsp3) is 0.143. The summed E-state index contributed by atoms with van der Waals surface area (Å²) in [5.41, 5.74) is 0. The highest BCUT2D eigenvalue weighted by molar-refractivity contribution is 7.91. The fourth-order valence-corrected chi connectivity index (χ4v) is 1.84. The molecule has 6 nitrogen and oxygen atoms in total. The normalized spacial score (nSPS) is 11.1. The molecule has 0 aliphatic carbocycles. The van der Waals surface area contributed by atoms with Gasteiger partial charge in [0.2, 0.25) is 9.84 Å². The number of sulfone groups is 1. The molecule has 0 saturated heterocycles. The molecule has 0 unspecified atom stereocenters. The van der Waals surface area contributed by atoms with E-state index in [1.54, 1.807) is 0 Å². The molecule has 0 heterocycles. The predicted octanol–water partition coefficient (Wildman–Crippen LogP) is 0.400. The van der Waals surface area contributed by atoms with Crippen LogP contribution in [-0.2, 0) is 9.84 Å². The first-order chi connectivity index (χ1) is 6.42. The molecule has 0 aliphatic rings. The average molecular weight is 217 g/mol. The third-order valence-corrected chi connectivity index (χ3v) is 3.01. The monoisotopic (exact) mass is 217 g/mol. The number of rotatable bonds is 3. The van der Waals surface area contributed by atoms with Gasteiger partial charge in [-0.3, -0.25) is 10.1 Å². The first-order valence-corrected chi connectivity index (χ1v) is 5.20. The maximum atomic E-state index is 11.2. The lowest BCUT2D eigenvalue weighted by Crippen LogP contribution is -2.14. The Bertz CT molecular complexity index is 436. The van der Waals surface area contributed by atoms with Crippen LogP contribution in [0.15, 0.2) is 29.2 Å². The van der Waals surface area contributed by atoms with E-state index in [1.807, 2.05) is 0 Å². The second kappa shape index (κ2) is 3.62. The molecule has 1 rings (SSSR count). The van der Waals surface area contributed by atoms with Crippen LogP contribution in [0.5, 0.6) is 5.75 Å². The standard InChI is InChI=1S/C7H7NO5S/c9-6-1-3-7(4-2-6)14(12,13)5-8(10)11/h1-4,9H,5H2. The molecule has 14 heavy (non-hydrogen) atoms. The highest BCUT2D eigenvalue weighted by Gasteiger charge is 2.20. The fourth-order valence-electron chi connectivity index (χ4n) is 0.867. The number of nitrogens with zero attached hydrogens (tertiary/aromatic N) is 1. The van der Waals surface area contributed by atoms with Crippen LogP contribution in [0, 0.1) is 10.1 Å². The topological polar surface area (TPSA) is 97.5 Å². The summed E-state index contributed by atoms with van der Waals surface area (Å²) in [7, 11) is -3.89. The third kappa shape index (κ3) is 2.43. The SMILES string of the molecule is O=[N+]([O-])CS(=O)(=O)c1ccc(O)cc1. The molecule has 1 aromatic rings. The molecule has 7 heteroatoms. The molecule has 0 spiro atoms. The Morgan fingerprint density at radius 2 is 1.79 bits per heavy atom. The molecule has 0 saturated carbocycles. The summed E-state index contributed by atoms with van der Waals surface area (Å²) in [5.74, 6) is -1.23. The zero-order chi connectivity index (χ0) is 10.8. The van der Waals surface area contributed by atoms with E-state index >= 15 is 0 Å². The van der Waals surface area contributed by atoms with Gasteiger partial charge >= 0.3 is 5.88 Å². The second-order valence-corrected chi connectivity index (χ2v) is 4.53. The van der Waals surface area contributed by atoms with Crippen molar-refractivity contribution in [2.24, 2.45) is 0 Å². The number of nitro groups is 1. The lowest BCUT2D eigenvalue weighted by molar-refractivity contribution is -0.458. The molecule has 0 atom stereocenters. The molecule has 0 aromatic heterocycles. The lowest BCUT2D eigenvalue weighted by Gasteiger charge is -1.99. The van der Waals surface area contributed by atoms with E-state index in [0.717, 1.165) is 24.3 Å². The van der Waals surface area contributed by atoms with E-state index in [-0.39, 0.29) is 10.6 Å². The molecule has 0 aliphatic heterocycles. The largest absolute Gasteiger partial charge is 0.508 e. The minimum Gasteiger partial charge on any atom is -0.508 e. The first-order valence-electron chi connectivity index (χ1n) is 3.55. The van der Waals surface area contributed by atoms with Gasteiger partial charge in [-0.05, 0) is 24.3 Å². The quantitative estimate of drug-likeness (QED) is 0.583. The second-order valence-electron chi connectivity index (χ2n) is 2.57. The Morgan fingerprint density at radius 3 is 2.21 bits per heavy atom. The van der Waals surface area contributed by atoms with Crippen molar-refractivity contribution in [2.75, 3.05) is 5.88 Å². The van der Waals surface area contributed by atoms with Gasteiger partial charge in [-0.15, -0.1) is 0 Å². The summed E-state index contributed by atoms with van der Waals surface area (Å²) in [6.45, 7) is 0. The number of benzene rings is 1. The van der Waals surface area contributed by atoms with E-state index in [0.29, 0.717) is 0 Å². The predicted molar refractivity (Wildman–Crippen MR) is 47.2 cm³/mol. The van der Waals surface area contributed by atoms with Crippen molar-refractivity contribution >= 4 is 9.84 Å². The van der Waals surface area contributed by atoms with Gasteiger partial charge in [0.15, 0.2) is 0 Å². The zero-order valence-electron chi connectivity index (χ0n) is 6.95. The molecule has 0 bridgehead atoms. The summed E-state index contributed by atoms with van der Waals surface area (Å²) in [6, 6.07) is 4.56. The van der Waals surface area contributed by atoms with E-state index in [2.05, 4.69) is 0 Å². The van der Waals surface area contributed by atoms with Gasteiger partial charge in [0.05, 0.1) is 4.90 Å². The number of phenolic OH excluding ortho intramolecular Hbond substituents is 1.